The number of benzene rings is 2. The number of Topliss-reactive ketones (excluding diaryl/α,β-unsaturated/α-hetero) is 1. The molecule has 0 unspecified atom stereocenters. The zero-order valence-corrected chi connectivity index (χ0v) is 15.1. The second-order valence-corrected chi connectivity index (χ2v) is 6.37. The van der Waals surface area contributed by atoms with Crippen LogP contribution < -0.4 is 5.73 Å². The smallest absolute Gasteiger partial charge is 0.254 e. The summed E-state index contributed by atoms with van der Waals surface area (Å²) >= 11 is 0. The molecule has 0 aliphatic carbocycles. The van der Waals surface area contributed by atoms with E-state index < -0.39 is 0 Å². The van der Waals surface area contributed by atoms with Gasteiger partial charge < -0.3 is 10.6 Å². The Labute approximate surface area is 154 Å². The van der Waals surface area contributed by atoms with Crippen molar-refractivity contribution in [2.45, 2.75) is 19.8 Å². The molecule has 1 heterocycles. The van der Waals surface area contributed by atoms with Crippen molar-refractivity contribution in [3.05, 3.63) is 65.2 Å². The minimum absolute atomic E-state index is 0. The highest BCUT2D eigenvalue weighted by Gasteiger charge is 2.28. The molecule has 2 aromatic carbocycles. The van der Waals surface area contributed by atoms with Crippen molar-refractivity contribution in [3.8, 4) is 0 Å². The standard InChI is InChI=1S/C20H22N2O2.ClH/c1-14-7-8-17(21)13-18(14)20(24)22-11-9-16(10-12-22)19(23)15-5-3-2-4-6-15;/h2-8,13,16H,9-12,21H2,1H3;1H. The first-order valence-electron chi connectivity index (χ1n) is 8.31. The van der Waals surface area contributed by atoms with Gasteiger partial charge in [0.05, 0.1) is 0 Å². The zero-order valence-electron chi connectivity index (χ0n) is 14.3. The number of anilines is 1. The van der Waals surface area contributed by atoms with E-state index in [2.05, 4.69) is 0 Å². The number of rotatable bonds is 3. The molecule has 0 radical (unpaired) electrons. The van der Waals surface area contributed by atoms with Crippen LogP contribution in [0.2, 0.25) is 0 Å². The Bertz CT molecular complexity index is 754. The van der Waals surface area contributed by atoms with Crippen molar-refractivity contribution in [3.63, 3.8) is 0 Å². The van der Waals surface area contributed by atoms with Crippen LogP contribution in [-0.2, 0) is 0 Å². The lowest BCUT2D eigenvalue weighted by molar-refractivity contribution is 0.0650. The summed E-state index contributed by atoms with van der Waals surface area (Å²) in [5, 5.41) is 0. The van der Waals surface area contributed by atoms with Gasteiger partial charge >= 0.3 is 0 Å². The molecule has 0 saturated carbocycles. The van der Waals surface area contributed by atoms with Crippen LogP contribution in [0.25, 0.3) is 0 Å². The Morgan fingerprint density at radius 1 is 1.04 bits per heavy atom. The van der Waals surface area contributed by atoms with E-state index in [9.17, 15) is 9.59 Å². The van der Waals surface area contributed by atoms with E-state index in [0.717, 1.165) is 11.1 Å². The molecule has 0 bridgehead atoms. The Balaban J connectivity index is 0.00000225. The third kappa shape index (κ3) is 4.20. The maximum Gasteiger partial charge on any atom is 0.254 e. The number of nitrogen functional groups attached to an aromatic ring is 1. The van der Waals surface area contributed by atoms with Gasteiger partial charge in [-0.1, -0.05) is 36.4 Å². The lowest BCUT2D eigenvalue weighted by Crippen LogP contribution is -2.40. The normalized spacial score (nSPS) is 14.7. The van der Waals surface area contributed by atoms with Crippen molar-refractivity contribution < 1.29 is 9.59 Å². The average Bonchev–Trinajstić information content (AvgIpc) is 2.63. The summed E-state index contributed by atoms with van der Waals surface area (Å²) in [7, 11) is 0. The van der Waals surface area contributed by atoms with Crippen LogP contribution >= 0.6 is 12.4 Å². The molecule has 1 fully saturated rings. The highest BCUT2D eigenvalue weighted by molar-refractivity contribution is 5.99. The Hall–Kier alpha value is -2.33. The molecule has 0 atom stereocenters. The largest absolute Gasteiger partial charge is 0.399 e. The van der Waals surface area contributed by atoms with Crippen LogP contribution in [-0.4, -0.2) is 29.7 Å². The van der Waals surface area contributed by atoms with Gasteiger partial charge in [0.1, 0.15) is 0 Å². The van der Waals surface area contributed by atoms with E-state index >= 15 is 0 Å². The molecule has 2 aromatic rings. The number of ketones is 1. The van der Waals surface area contributed by atoms with Gasteiger partial charge in [-0.2, -0.15) is 0 Å². The molecular formula is C20H23ClN2O2. The van der Waals surface area contributed by atoms with Gasteiger partial charge in [-0.05, 0) is 37.5 Å². The second kappa shape index (κ2) is 8.17. The van der Waals surface area contributed by atoms with Crippen LogP contribution in [0.5, 0.6) is 0 Å². The Morgan fingerprint density at radius 3 is 2.32 bits per heavy atom. The highest BCUT2D eigenvalue weighted by atomic mass is 35.5. The van der Waals surface area contributed by atoms with Gasteiger partial charge in [-0.25, -0.2) is 0 Å². The molecule has 2 N–H and O–H groups in total. The molecule has 1 aliphatic rings. The number of carbonyl (C=O) groups is 2. The van der Waals surface area contributed by atoms with E-state index in [4.69, 9.17) is 5.73 Å². The molecule has 25 heavy (non-hydrogen) atoms. The third-order valence-corrected chi connectivity index (χ3v) is 4.70. The molecule has 5 heteroatoms. The van der Waals surface area contributed by atoms with Gasteiger partial charge in [0.25, 0.3) is 5.91 Å². The number of aryl methyl sites for hydroxylation is 1. The van der Waals surface area contributed by atoms with Crippen molar-refractivity contribution in [2.24, 2.45) is 5.92 Å². The van der Waals surface area contributed by atoms with Gasteiger partial charge in [0.2, 0.25) is 0 Å². The van der Waals surface area contributed by atoms with Crippen molar-refractivity contribution in [1.82, 2.24) is 4.90 Å². The topological polar surface area (TPSA) is 63.4 Å². The number of likely N-dealkylation sites (tertiary alicyclic amines) is 1. The fourth-order valence-corrected chi connectivity index (χ4v) is 3.22. The summed E-state index contributed by atoms with van der Waals surface area (Å²) in [4.78, 5) is 27.1. The number of nitrogens with two attached hydrogens (primary N) is 1. The minimum atomic E-state index is -0.00149. The van der Waals surface area contributed by atoms with Crippen LogP contribution in [0.3, 0.4) is 0 Å². The summed E-state index contributed by atoms with van der Waals surface area (Å²) in [5.74, 6) is 0.187. The molecule has 0 spiro atoms. The maximum absolute atomic E-state index is 12.7. The Kier molecular flexibility index (Phi) is 6.21. The first-order valence-corrected chi connectivity index (χ1v) is 8.31. The summed E-state index contributed by atoms with van der Waals surface area (Å²) in [5.41, 5.74) is 8.74. The molecule has 1 amide bonds. The average molecular weight is 359 g/mol. The zero-order chi connectivity index (χ0) is 17.1. The molecule has 1 saturated heterocycles. The SMILES string of the molecule is Cc1ccc(N)cc1C(=O)N1CCC(C(=O)c2ccccc2)CC1.Cl. The maximum atomic E-state index is 12.7. The fourth-order valence-electron chi connectivity index (χ4n) is 3.22. The predicted molar refractivity (Wildman–Crippen MR) is 102 cm³/mol. The third-order valence-electron chi connectivity index (χ3n) is 4.70. The van der Waals surface area contributed by atoms with Crippen molar-refractivity contribution >= 4 is 29.8 Å². The summed E-state index contributed by atoms with van der Waals surface area (Å²) in [6.07, 6.45) is 1.42. The van der Waals surface area contributed by atoms with E-state index in [1.165, 1.54) is 0 Å². The minimum Gasteiger partial charge on any atom is -0.399 e. The number of piperidine rings is 1. The number of carbonyl (C=O) groups excluding carboxylic acids is 2. The summed E-state index contributed by atoms with van der Waals surface area (Å²) in [6, 6.07) is 14.8. The Morgan fingerprint density at radius 2 is 1.68 bits per heavy atom. The lowest BCUT2D eigenvalue weighted by Gasteiger charge is -2.31. The molecule has 132 valence electrons. The van der Waals surface area contributed by atoms with Crippen LogP contribution in [0, 0.1) is 12.8 Å². The summed E-state index contributed by atoms with van der Waals surface area (Å²) in [6.45, 7) is 3.13. The first kappa shape index (κ1) is 19.0. The van der Waals surface area contributed by atoms with E-state index in [0.29, 0.717) is 37.2 Å². The number of amides is 1. The van der Waals surface area contributed by atoms with Gasteiger partial charge in [-0.3, -0.25) is 9.59 Å². The van der Waals surface area contributed by atoms with Gasteiger partial charge in [-0.15, -0.1) is 12.4 Å². The van der Waals surface area contributed by atoms with Crippen molar-refractivity contribution in [2.75, 3.05) is 18.8 Å². The number of hydrogen-bond donors (Lipinski definition) is 1. The van der Waals surface area contributed by atoms with Crippen LogP contribution in [0.4, 0.5) is 5.69 Å². The number of nitrogens with zero attached hydrogens (tertiary/aromatic N) is 1. The van der Waals surface area contributed by atoms with Crippen LogP contribution in [0.15, 0.2) is 48.5 Å². The molecule has 0 aromatic heterocycles. The number of hydrogen-bond acceptors (Lipinski definition) is 3. The van der Waals surface area contributed by atoms with E-state index in [1.54, 1.807) is 12.1 Å². The first-order chi connectivity index (χ1) is 11.6. The van der Waals surface area contributed by atoms with Crippen molar-refractivity contribution in [1.29, 1.82) is 0 Å². The second-order valence-electron chi connectivity index (χ2n) is 6.37. The van der Waals surface area contributed by atoms with Crippen LogP contribution in [0.1, 0.15) is 39.1 Å². The fraction of sp³-hybridized carbons (Fsp3) is 0.300. The van der Waals surface area contributed by atoms with E-state index in [-0.39, 0.29) is 30.0 Å². The monoisotopic (exact) mass is 358 g/mol. The quantitative estimate of drug-likeness (QED) is 0.671. The molecule has 3 rings (SSSR count). The highest BCUT2D eigenvalue weighted by Crippen LogP contribution is 2.24. The molecule has 1 aliphatic heterocycles. The van der Waals surface area contributed by atoms with Gasteiger partial charge in [0.15, 0.2) is 5.78 Å². The predicted octanol–water partition coefficient (Wildman–Crippen LogP) is 3.73. The molecular weight excluding hydrogens is 336 g/mol. The molecule has 4 nitrogen and oxygen atoms in total. The van der Waals surface area contributed by atoms with Gasteiger partial charge in [0, 0.05) is 35.8 Å². The summed E-state index contributed by atoms with van der Waals surface area (Å²) < 4.78 is 0. The van der Waals surface area contributed by atoms with E-state index in [1.807, 2.05) is 48.2 Å². The number of halogens is 1. The lowest BCUT2D eigenvalue weighted by atomic mass is 9.88.